The Morgan fingerprint density at radius 3 is 2.74 bits per heavy atom. The van der Waals surface area contributed by atoms with E-state index in [2.05, 4.69) is 0 Å². The van der Waals surface area contributed by atoms with Crippen LogP contribution < -0.4 is 4.74 Å². The fraction of sp³-hybridized carbons (Fsp3) is 0.267. The molecule has 0 aliphatic heterocycles. The monoisotopic (exact) mass is 294 g/mol. The van der Waals surface area contributed by atoms with Crippen molar-refractivity contribution >= 4 is 28.7 Å². The fourth-order valence-electron chi connectivity index (χ4n) is 1.70. The standard InChI is InChI=1S/C15H15ClO2S/c1-3-8-18-12-7-5-4-6-11(12)14(17)15-13(16)10(2)9-19-15/h4-7,9H,3,8H2,1-2H3. The lowest BCUT2D eigenvalue weighted by Gasteiger charge is -2.09. The lowest BCUT2D eigenvalue weighted by molar-refractivity contribution is 0.103. The summed E-state index contributed by atoms with van der Waals surface area (Å²) in [7, 11) is 0. The quantitative estimate of drug-likeness (QED) is 0.745. The smallest absolute Gasteiger partial charge is 0.208 e. The van der Waals surface area contributed by atoms with Crippen LogP contribution in [-0.4, -0.2) is 12.4 Å². The Balaban J connectivity index is 2.36. The molecule has 1 aromatic heterocycles. The van der Waals surface area contributed by atoms with Crippen molar-refractivity contribution in [1.82, 2.24) is 0 Å². The Labute approximate surface area is 122 Å². The van der Waals surface area contributed by atoms with Gasteiger partial charge >= 0.3 is 0 Å². The highest BCUT2D eigenvalue weighted by Gasteiger charge is 2.19. The molecule has 2 aromatic rings. The van der Waals surface area contributed by atoms with Crippen molar-refractivity contribution < 1.29 is 9.53 Å². The third-order valence-electron chi connectivity index (χ3n) is 2.70. The summed E-state index contributed by atoms with van der Waals surface area (Å²) in [5, 5.41) is 2.44. The summed E-state index contributed by atoms with van der Waals surface area (Å²) in [5.74, 6) is 0.547. The van der Waals surface area contributed by atoms with E-state index in [-0.39, 0.29) is 5.78 Å². The van der Waals surface area contributed by atoms with E-state index < -0.39 is 0 Å². The summed E-state index contributed by atoms with van der Waals surface area (Å²) < 4.78 is 5.62. The molecule has 0 unspecified atom stereocenters. The van der Waals surface area contributed by atoms with E-state index in [1.165, 1.54) is 11.3 Å². The van der Waals surface area contributed by atoms with Gasteiger partial charge in [0, 0.05) is 0 Å². The number of aryl methyl sites for hydroxylation is 1. The van der Waals surface area contributed by atoms with Gasteiger partial charge in [0.2, 0.25) is 5.78 Å². The van der Waals surface area contributed by atoms with Gasteiger partial charge in [-0.05, 0) is 36.4 Å². The number of hydrogen-bond acceptors (Lipinski definition) is 3. The van der Waals surface area contributed by atoms with Gasteiger partial charge in [0.05, 0.1) is 22.1 Å². The largest absolute Gasteiger partial charge is 0.493 e. The summed E-state index contributed by atoms with van der Waals surface area (Å²) in [4.78, 5) is 13.1. The molecule has 0 saturated heterocycles. The summed E-state index contributed by atoms with van der Waals surface area (Å²) in [5.41, 5.74) is 1.50. The predicted octanol–water partition coefficient (Wildman–Crippen LogP) is 4.73. The number of thiophene rings is 1. The first-order valence-corrected chi connectivity index (χ1v) is 7.41. The Morgan fingerprint density at radius 1 is 1.37 bits per heavy atom. The number of rotatable bonds is 5. The molecule has 0 spiro atoms. The molecule has 4 heteroatoms. The van der Waals surface area contributed by atoms with Crippen molar-refractivity contribution in [3.05, 3.63) is 50.7 Å². The normalized spacial score (nSPS) is 10.5. The van der Waals surface area contributed by atoms with Crippen molar-refractivity contribution in [2.24, 2.45) is 0 Å². The SMILES string of the molecule is CCCOc1ccccc1C(=O)c1scc(C)c1Cl. The molecule has 1 aromatic carbocycles. The van der Waals surface area contributed by atoms with Crippen LogP contribution in [0.1, 0.15) is 34.1 Å². The van der Waals surface area contributed by atoms with Gasteiger partial charge in [-0.2, -0.15) is 0 Å². The van der Waals surface area contributed by atoms with Crippen LogP contribution >= 0.6 is 22.9 Å². The number of benzene rings is 1. The molecule has 0 N–H and O–H groups in total. The second-order valence-corrected chi connectivity index (χ2v) is 5.49. The maximum atomic E-state index is 12.5. The van der Waals surface area contributed by atoms with Gasteiger partial charge in [-0.25, -0.2) is 0 Å². The molecule has 0 saturated carbocycles. The number of hydrogen-bond donors (Lipinski definition) is 0. The lowest BCUT2D eigenvalue weighted by Crippen LogP contribution is -2.05. The number of carbonyl (C=O) groups is 1. The zero-order valence-corrected chi connectivity index (χ0v) is 12.5. The molecule has 0 aliphatic rings. The van der Waals surface area contributed by atoms with Crippen LogP contribution in [0.4, 0.5) is 0 Å². The molecule has 2 rings (SSSR count). The maximum absolute atomic E-state index is 12.5. The molecule has 0 amide bonds. The average molecular weight is 295 g/mol. The van der Waals surface area contributed by atoms with Crippen molar-refractivity contribution in [2.75, 3.05) is 6.61 Å². The third kappa shape index (κ3) is 2.99. The topological polar surface area (TPSA) is 26.3 Å². The van der Waals surface area contributed by atoms with Crippen LogP contribution in [0.2, 0.25) is 5.02 Å². The minimum absolute atomic E-state index is 0.0743. The van der Waals surface area contributed by atoms with Gasteiger partial charge in [0.25, 0.3) is 0 Å². The number of ketones is 1. The highest BCUT2D eigenvalue weighted by Crippen LogP contribution is 2.31. The highest BCUT2D eigenvalue weighted by molar-refractivity contribution is 7.13. The second kappa shape index (κ2) is 6.22. The van der Waals surface area contributed by atoms with Crippen LogP contribution in [0.3, 0.4) is 0 Å². The summed E-state index contributed by atoms with van der Waals surface area (Å²) >= 11 is 7.53. The van der Waals surface area contributed by atoms with E-state index in [9.17, 15) is 4.79 Å². The molecule has 0 aliphatic carbocycles. The van der Waals surface area contributed by atoms with E-state index >= 15 is 0 Å². The molecular formula is C15H15ClO2S. The van der Waals surface area contributed by atoms with Crippen molar-refractivity contribution in [1.29, 1.82) is 0 Å². The summed E-state index contributed by atoms with van der Waals surface area (Å²) in [6.45, 7) is 4.53. The molecule has 0 atom stereocenters. The lowest BCUT2D eigenvalue weighted by atomic mass is 10.1. The van der Waals surface area contributed by atoms with E-state index in [1.807, 2.05) is 37.4 Å². The molecule has 0 bridgehead atoms. The second-order valence-electron chi connectivity index (χ2n) is 4.24. The highest BCUT2D eigenvalue weighted by atomic mass is 35.5. The molecule has 1 heterocycles. The van der Waals surface area contributed by atoms with Gasteiger partial charge in [0.15, 0.2) is 0 Å². The molecule has 2 nitrogen and oxygen atoms in total. The number of ether oxygens (including phenoxy) is 1. The maximum Gasteiger partial charge on any atom is 0.208 e. The van der Waals surface area contributed by atoms with Crippen LogP contribution in [0.5, 0.6) is 5.75 Å². The first-order valence-electron chi connectivity index (χ1n) is 6.15. The third-order valence-corrected chi connectivity index (χ3v) is 4.39. The predicted molar refractivity (Wildman–Crippen MR) is 79.7 cm³/mol. The molecular weight excluding hydrogens is 280 g/mol. The van der Waals surface area contributed by atoms with Gasteiger partial charge < -0.3 is 4.74 Å². The fourth-order valence-corrected chi connectivity index (χ4v) is 2.93. The Hall–Kier alpha value is -1.32. The molecule has 0 fully saturated rings. The van der Waals surface area contributed by atoms with E-state index in [1.54, 1.807) is 6.07 Å². The van der Waals surface area contributed by atoms with Gasteiger partial charge in [-0.15, -0.1) is 11.3 Å². The van der Waals surface area contributed by atoms with Crippen LogP contribution in [0.25, 0.3) is 0 Å². The van der Waals surface area contributed by atoms with E-state index in [0.717, 1.165) is 12.0 Å². The van der Waals surface area contributed by atoms with Gasteiger partial charge in [0.1, 0.15) is 5.75 Å². The number of carbonyl (C=O) groups excluding carboxylic acids is 1. The van der Waals surface area contributed by atoms with Crippen molar-refractivity contribution in [3.63, 3.8) is 0 Å². The van der Waals surface area contributed by atoms with Crippen molar-refractivity contribution in [3.8, 4) is 5.75 Å². The minimum Gasteiger partial charge on any atom is -0.493 e. The first kappa shape index (κ1) is 14.1. The average Bonchev–Trinajstić information content (AvgIpc) is 2.76. The minimum atomic E-state index is -0.0743. The Morgan fingerprint density at radius 2 is 2.11 bits per heavy atom. The van der Waals surface area contributed by atoms with Crippen molar-refractivity contribution in [2.45, 2.75) is 20.3 Å². The van der Waals surface area contributed by atoms with E-state index in [4.69, 9.17) is 16.3 Å². The molecule has 0 radical (unpaired) electrons. The van der Waals surface area contributed by atoms with Crippen LogP contribution in [0.15, 0.2) is 29.6 Å². The van der Waals surface area contributed by atoms with Gasteiger partial charge in [-0.1, -0.05) is 30.7 Å². The van der Waals surface area contributed by atoms with E-state index in [0.29, 0.717) is 27.8 Å². The molecule has 19 heavy (non-hydrogen) atoms. The zero-order valence-electron chi connectivity index (χ0n) is 10.9. The Bertz CT molecular complexity index is 590. The Kier molecular flexibility index (Phi) is 4.61. The molecule has 100 valence electrons. The first-order chi connectivity index (χ1) is 9.15. The van der Waals surface area contributed by atoms with Gasteiger partial charge in [-0.3, -0.25) is 4.79 Å². The van der Waals surface area contributed by atoms with Crippen LogP contribution in [-0.2, 0) is 0 Å². The summed E-state index contributed by atoms with van der Waals surface area (Å²) in [6.07, 6.45) is 0.904. The van der Waals surface area contributed by atoms with Crippen LogP contribution in [0, 0.1) is 6.92 Å². The number of para-hydroxylation sites is 1. The zero-order chi connectivity index (χ0) is 13.8. The number of halogens is 1. The summed E-state index contributed by atoms with van der Waals surface area (Å²) in [6, 6.07) is 7.29.